The van der Waals surface area contributed by atoms with Crippen molar-refractivity contribution in [2.75, 3.05) is 4.90 Å². The molecule has 1 fully saturated rings. The Labute approximate surface area is 108 Å². The Morgan fingerprint density at radius 1 is 0.833 bits per heavy atom. The van der Waals surface area contributed by atoms with E-state index < -0.39 is 0 Å². The van der Waals surface area contributed by atoms with Gasteiger partial charge in [-0.3, -0.25) is 0 Å². The molecule has 2 aliphatic rings. The van der Waals surface area contributed by atoms with Crippen molar-refractivity contribution in [2.24, 2.45) is 0 Å². The van der Waals surface area contributed by atoms with E-state index in [-0.39, 0.29) is 0 Å². The summed E-state index contributed by atoms with van der Waals surface area (Å²) in [5.74, 6) is 0. The van der Waals surface area contributed by atoms with Crippen molar-refractivity contribution >= 4 is 5.69 Å². The van der Waals surface area contributed by atoms with Gasteiger partial charge in [-0.25, -0.2) is 0 Å². The molecule has 0 spiro atoms. The first-order chi connectivity index (χ1) is 8.93. The van der Waals surface area contributed by atoms with E-state index >= 15 is 0 Å². The second-order valence-electron chi connectivity index (χ2n) is 5.39. The minimum Gasteiger partial charge on any atom is -0.361 e. The van der Waals surface area contributed by atoms with Crippen molar-refractivity contribution in [3.63, 3.8) is 0 Å². The number of benzene rings is 2. The monoisotopic (exact) mass is 235 g/mol. The van der Waals surface area contributed by atoms with Gasteiger partial charge < -0.3 is 4.90 Å². The molecule has 0 amide bonds. The predicted octanol–water partition coefficient (Wildman–Crippen LogP) is 3.95. The Hall–Kier alpha value is -1.76. The topological polar surface area (TPSA) is 3.24 Å². The van der Waals surface area contributed by atoms with Crippen LogP contribution in [0.5, 0.6) is 0 Å². The van der Waals surface area contributed by atoms with Crippen LogP contribution < -0.4 is 4.90 Å². The number of anilines is 1. The molecule has 4 rings (SSSR count). The van der Waals surface area contributed by atoms with Crippen molar-refractivity contribution in [2.45, 2.75) is 31.3 Å². The van der Waals surface area contributed by atoms with E-state index in [1.54, 1.807) is 11.1 Å². The fourth-order valence-electron chi connectivity index (χ4n) is 3.68. The number of para-hydroxylation sites is 1. The van der Waals surface area contributed by atoms with E-state index in [4.69, 9.17) is 0 Å². The van der Waals surface area contributed by atoms with Crippen molar-refractivity contribution < 1.29 is 0 Å². The molecule has 90 valence electrons. The Bertz CT molecular complexity index is 561. The van der Waals surface area contributed by atoms with Gasteiger partial charge in [-0.05, 0) is 42.5 Å². The maximum atomic E-state index is 2.64. The Kier molecular flexibility index (Phi) is 2.19. The van der Waals surface area contributed by atoms with E-state index in [0.29, 0.717) is 12.1 Å². The molecule has 0 saturated carbocycles. The Morgan fingerprint density at radius 2 is 1.61 bits per heavy atom. The minimum atomic E-state index is 0.599. The number of hydrogen-bond acceptors (Lipinski definition) is 1. The second-order valence-corrected chi connectivity index (χ2v) is 5.39. The molecule has 18 heavy (non-hydrogen) atoms. The van der Waals surface area contributed by atoms with Crippen LogP contribution in [0, 0.1) is 0 Å². The molecule has 2 heterocycles. The first-order valence-electron chi connectivity index (χ1n) is 6.85. The lowest BCUT2D eigenvalue weighted by Crippen LogP contribution is -2.37. The maximum absolute atomic E-state index is 2.64. The van der Waals surface area contributed by atoms with Gasteiger partial charge >= 0.3 is 0 Å². The van der Waals surface area contributed by atoms with Gasteiger partial charge in [-0.15, -0.1) is 0 Å². The summed E-state index contributed by atoms with van der Waals surface area (Å²) >= 11 is 0. The van der Waals surface area contributed by atoms with Crippen LogP contribution in [0.3, 0.4) is 0 Å². The molecule has 1 nitrogen and oxygen atoms in total. The molecule has 0 N–H and O–H groups in total. The lowest BCUT2D eigenvalue weighted by atomic mass is 9.93. The number of fused-ring (bicyclic) bond motifs is 4. The molecule has 0 aliphatic carbocycles. The van der Waals surface area contributed by atoms with Gasteiger partial charge in [0.1, 0.15) is 0 Å². The van der Waals surface area contributed by atoms with E-state index in [9.17, 15) is 0 Å². The van der Waals surface area contributed by atoms with Gasteiger partial charge in [-0.2, -0.15) is 0 Å². The third-order valence-corrected chi connectivity index (χ3v) is 4.43. The summed E-state index contributed by atoms with van der Waals surface area (Å²) < 4.78 is 0. The number of nitrogens with zero attached hydrogens (tertiary/aromatic N) is 1. The summed E-state index contributed by atoms with van der Waals surface area (Å²) in [4.78, 5) is 2.64. The van der Waals surface area contributed by atoms with Gasteiger partial charge in [-0.1, -0.05) is 42.5 Å². The maximum Gasteiger partial charge on any atom is 0.0549 e. The average molecular weight is 235 g/mol. The third-order valence-electron chi connectivity index (χ3n) is 4.43. The van der Waals surface area contributed by atoms with E-state index in [0.717, 1.165) is 0 Å². The summed E-state index contributed by atoms with van der Waals surface area (Å²) in [6.45, 7) is 0. The van der Waals surface area contributed by atoms with Crippen molar-refractivity contribution in [3.05, 3.63) is 65.7 Å². The smallest absolute Gasteiger partial charge is 0.0549 e. The fraction of sp³-hybridized carbons (Fsp3) is 0.294. The van der Waals surface area contributed by atoms with E-state index in [1.165, 1.54) is 24.9 Å². The molecule has 2 aliphatic heterocycles. The largest absolute Gasteiger partial charge is 0.361 e. The molecule has 2 atom stereocenters. The zero-order valence-electron chi connectivity index (χ0n) is 10.4. The fourth-order valence-corrected chi connectivity index (χ4v) is 3.68. The Balaban J connectivity index is 1.81. The van der Waals surface area contributed by atoms with Crippen molar-refractivity contribution in [1.82, 2.24) is 0 Å². The number of hydrogen-bond donors (Lipinski definition) is 0. The van der Waals surface area contributed by atoms with Crippen molar-refractivity contribution in [1.29, 1.82) is 0 Å². The SMILES string of the molecule is c1ccc(N2[C@@H]3CC[C@H]2c2ccccc2C3)cc1. The zero-order chi connectivity index (χ0) is 11.9. The van der Waals surface area contributed by atoms with Crippen LogP contribution in [0.1, 0.15) is 30.0 Å². The van der Waals surface area contributed by atoms with Crippen LogP contribution in [0.4, 0.5) is 5.69 Å². The molecule has 2 aromatic rings. The van der Waals surface area contributed by atoms with E-state index in [1.807, 2.05) is 0 Å². The summed E-state index contributed by atoms with van der Waals surface area (Å²) in [7, 11) is 0. The molecule has 2 aromatic carbocycles. The van der Waals surface area contributed by atoms with Gasteiger partial charge in [0.25, 0.3) is 0 Å². The predicted molar refractivity (Wildman–Crippen MR) is 74.8 cm³/mol. The normalized spacial score (nSPS) is 25.0. The molecule has 2 bridgehead atoms. The molecule has 1 heteroatoms. The van der Waals surface area contributed by atoms with Crippen LogP contribution in [0.25, 0.3) is 0 Å². The average Bonchev–Trinajstić information content (AvgIpc) is 2.75. The highest BCUT2D eigenvalue weighted by molar-refractivity contribution is 5.55. The molecule has 0 radical (unpaired) electrons. The third kappa shape index (κ3) is 1.40. The van der Waals surface area contributed by atoms with Gasteiger partial charge in [0.2, 0.25) is 0 Å². The molecule has 1 saturated heterocycles. The first kappa shape index (κ1) is 10.2. The van der Waals surface area contributed by atoms with Crippen LogP contribution in [-0.4, -0.2) is 6.04 Å². The van der Waals surface area contributed by atoms with Gasteiger partial charge in [0.15, 0.2) is 0 Å². The highest BCUT2D eigenvalue weighted by Crippen LogP contribution is 2.45. The van der Waals surface area contributed by atoms with Crippen LogP contribution >= 0.6 is 0 Å². The van der Waals surface area contributed by atoms with Crippen molar-refractivity contribution in [3.8, 4) is 0 Å². The molecule has 0 unspecified atom stereocenters. The summed E-state index contributed by atoms with van der Waals surface area (Å²) in [6, 6.07) is 21.2. The second kappa shape index (κ2) is 3.88. The summed E-state index contributed by atoms with van der Waals surface area (Å²) in [5, 5.41) is 0. The van der Waals surface area contributed by atoms with E-state index in [2.05, 4.69) is 59.5 Å². The highest BCUT2D eigenvalue weighted by Gasteiger charge is 2.39. The quantitative estimate of drug-likeness (QED) is 0.723. The zero-order valence-corrected chi connectivity index (χ0v) is 10.4. The molecular weight excluding hydrogens is 218 g/mol. The molecule has 0 aromatic heterocycles. The van der Waals surface area contributed by atoms with Crippen LogP contribution in [-0.2, 0) is 6.42 Å². The minimum absolute atomic E-state index is 0.599. The lowest BCUT2D eigenvalue weighted by molar-refractivity contribution is 0.599. The Morgan fingerprint density at radius 3 is 2.50 bits per heavy atom. The standard InChI is InChI=1S/C17H17N/c1-2-7-14(8-3-1)18-15-10-11-17(18)16-9-5-4-6-13(16)12-15/h1-9,15,17H,10-12H2/t15-,17+/m1/s1. The first-order valence-corrected chi connectivity index (χ1v) is 6.85. The van der Waals surface area contributed by atoms with Gasteiger partial charge in [0, 0.05) is 11.7 Å². The number of rotatable bonds is 1. The van der Waals surface area contributed by atoms with Gasteiger partial charge in [0.05, 0.1) is 6.04 Å². The summed E-state index contributed by atoms with van der Waals surface area (Å²) in [6.07, 6.45) is 3.84. The summed E-state index contributed by atoms with van der Waals surface area (Å²) in [5.41, 5.74) is 4.51. The lowest BCUT2D eigenvalue weighted by Gasteiger charge is -2.38. The van der Waals surface area contributed by atoms with Crippen LogP contribution in [0.15, 0.2) is 54.6 Å². The highest BCUT2D eigenvalue weighted by atomic mass is 15.2. The van der Waals surface area contributed by atoms with Crippen LogP contribution in [0.2, 0.25) is 0 Å². The molecular formula is C17H17N.